The Balaban J connectivity index is 1.94. The lowest BCUT2D eigenvalue weighted by Gasteiger charge is -2.36. The number of fused-ring (bicyclic) bond motifs is 2. The number of hydrogen-bond acceptors (Lipinski definition) is 2. The summed E-state index contributed by atoms with van der Waals surface area (Å²) in [4.78, 5) is 14.9. The van der Waals surface area contributed by atoms with Crippen LogP contribution in [0.2, 0.25) is 0 Å². The standard InChI is InChI=1S/C18H18N2O/c1-16(2,3)20-11-18-13-7-5-4-6-12(13)8-9-14(18)17(18,10-19)15(20)21/h4-9,14H,11H2,1-3H3. The molecule has 3 heteroatoms. The number of hydrogen-bond donors (Lipinski definition) is 0. The van der Waals surface area contributed by atoms with Crippen LogP contribution in [0.15, 0.2) is 30.3 Å². The second kappa shape index (κ2) is 3.39. The van der Waals surface area contributed by atoms with E-state index in [1.807, 2.05) is 37.8 Å². The van der Waals surface area contributed by atoms with Crippen LogP contribution in [-0.2, 0) is 10.2 Å². The van der Waals surface area contributed by atoms with E-state index in [2.05, 4.69) is 30.4 Å². The van der Waals surface area contributed by atoms with E-state index < -0.39 is 5.41 Å². The van der Waals surface area contributed by atoms with Gasteiger partial charge in [0.2, 0.25) is 5.91 Å². The van der Waals surface area contributed by atoms with Gasteiger partial charge in [-0.15, -0.1) is 0 Å². The Morgan fingerprint density at radius 3 is 2.71 bits per heavy atom. The molecule has 1 amide bonds. The van der Waals surface area contributed by atoms with Gasteiger partial charge in [-0.2, -0.15) is 5.26 Å². The van der Waals surface area contributed by atoms with Crippen LogP contribution in [0, 0.1) is 22.7 Å². The van der Waals surface area contributed by atoms with Crippen molar-refractivity contribution >= 4 is 12.0 Å². The summed E-state index contributed by atoms with van der Waals surface area (Å²) in [6, 6.07) is 10.6. The van der Waals surface area contributed by atoms with Crippen LogP contribution in [0.5, 0.6) is 0 Å². The molecule has 2 aliphatic carbocycles. The van der Waals surface area contributed by atoms with E-state index in [1.165, 1.54) is 5.56 Å². The zero-order valence-electron chi connectivity index (χ0n) is 12.6. The fourth-order valence-corrected chi connectivity index (χ4v) is 4.43. The normalized spacial score (nSPS) is 35.8. The smallest absolute Gasteiger partial charge is 0.245 e. The molecule has 0 radical (unpaired) electrons. The van der Waals surface area contributed by atoms with Crippen molar-refractivity contribution in [2.24, 2.45) is 11.3 Å². The summed E-state index contributed by atoms with van der Waals surface area (Å²) >= 11 is 0. The van der Waals surface area contributed by atoms with Crippen LogP contribution in [0.25, 0.3) is 6.08 Å². The first kappa shape index (κ1) is 12.6. The molecule has 106 valence electrons. The van der Waals surface area contributed by atoms with E-state index in [0.29, 0.717) is 6.54 Å². The van der Waals surface area contributed by atoms with Gasteiger partial charge in [0.05, 0.1) is 11.5 Å². The molecular weight excluding hydrogens is 260 g/mol. The van der Waals surface area contributed by atoms with Crippen molar-refractivity contribution in [2.45, 2.75) is 31.7 Å². The van der Waals surface area contributed by atoms with Gasteiger partial charge in [-0.25, -0.2) is 0 Å². The van der Waals surface area contributed by atoms with Gasteiger partial charge in [0.15, 0.2) is 5.41 Å². The molecule has 0 aromatic heterocycles. The molecule has 1 heterocycles. The van der Waals surface area contributed by atoms with Gasteiger partial charge in [-0.05, 0) is 31.9 Å². The third-order valence-electron chi connectivity index (χ3n) is 5.50. The summed E-state index contributed by atoms with van der Waals surface area (Å²) in [6.07, 6.45) is 4.14. The summed E-state index contributed by atoms with van der Waals surface area (Å²) < 4.78 is 0. The minimum atomic E-state index is -0.886. The lowest BCUT2D eigenvalue weighted by molar-refractivity contribution is -0.136. The maximum atomic E-state index is 13.0. The van der Waals surface area contributed by atoms with Crippen molar-refractivity contribution in [1.82, 2.24) is 4.90 Å². The number of likely N-dealkylation sites (tertiary alicyclic amines) is 1. The van der Waals surface area contributed by atoms with Crippen molar-refractivity contribution in [3.63, 3.8) is 0 Å². The fraction of sp³-hybridized carbons (Fsp3) is 0.444. The summed E-state index contributed by atoms with van der Waals surface area (Å²) in [5.41, 5.74) is 0.846. The lowest BCUT2D eigenvalue weighted by atomic mass is 9.83. The summed E-state index contributed by atoms with van der Waals surface area (Å²) in [7, 11) is 0. The van der Waals surface area contributed by atoms with Crippen molar-refractivity contribution in [1.29, 1.82) is 5.26 Å². The Kier molecular flexibility index (Phi) is 2.04. The molecule has 3 unspecified atom stereocenters. The zero-order valence-corrected chi connectivity index (χ0v) is 12.6. The maximum Gasteiger partial charge on any atom is 0.245 e. The number of nitrogens with zero attached hydrogens (tertiary/aromatic N) is 2. The molecule has 1 saturated heterocycles. The minimum absolute atomic E-state index is 0.00357. The molecule has 0 N–H and O–H groups in total. The highest BCUT2D eigenvalue weighted by Crippen LogP contribution is 2.76. The van der Waals surface area contributed by atoms with Gasteiger partial charge in [0.1, 0.15) is 0 Å². The molecule has 4 rings (SSSR count). The third-order valence-corrected chi connectivity index (χ3v) is 5.50. The highest BCUT2D eigenvalue weighted by atomic mass is 16.2. The van der Waals surface area contributed by atoms with Gasteiger partial charge in [0.25, 0.3) is 0 Å². The van der Waals surface area contributed by atoms with E-state index >= 15 is 0 Å². The molecule has 3 atom stereocenters. The minimum Gasteiger partial charge on any atom is -0.335 e. The zero-order chi connectivity index (χ0) is 15.0. The van der Waals surface area contributed by atoms with Crippen LogP contribution in [0.1, 0.15) is 31.9 Å². The summed E-state index contributed by atoms with van der Waals surface area (Å²) in [6.45, 7) is 6.76. The van der Waals surface area contributed by atoms with Gasteiger partial charge in [0, 0.05) is 18.0 Å². The Bertz CT molecular complexity index is 736. The number of allylic oxidation sites excluding steroid dienone is 1. The van der Waals surface area contributed by atoms with Crippen molar-refractivity contribution in [3.8, 4) is 6.07 Å². The van der Waals surface area contributed by atoms with Crippen LogP contribution < -0.4 is 0 Å². The van der Waals surface area contributed by atoms with Crippen LogP contribution in [0.4, 0.5) is 0 Å². The van der Waals surface area contributed by atoms with Crippen molar-refractivity contribution in [3.05, 3.63) is 41.5 Å². The molecular formula is C18H18N2O. The molecule has 21 heavy (non-hydrogen) atoms. The Morgan fingerprint density at radius 2 is 2.05 bits per heavy atom. The predicted octanol–water partition coefficient (Wildman–Crippen LogP) is 2.73. The lowest BCUT2D eigenvalue weighted by Crippen LogP contribution is -2.47. The number of carbonyl (C=O) groups excluding carboxylic acids is 1. The molecule has 1 spiro atoms. The van der Waals surface area contributed by atoms with Gasteiger partial charge in [-0.3, -0.25) is 4.79 Å². The van der Waals surface area contributed by atoms with Crippen molar-refractivity contribution in [2.75, 3.05) is 6.54 Å². The van der Waals surface area contributed by atoms with E-state index in [1.54, 1.807) is 0 Å². The molecule has 1 saturated carbocycles. The van der Waals surface area contributed by atoms with Gasteiger partial charge >= 0.3 is 0 Å². The summed E-state index contributed by atoms with van der Waals surface area (Å²) in [5, 5.41) is 9.84. The first-order valence-electron chi connectivity index (χ1n) is 7.40. The van der Waals surface area contributed by atoms with E-state index in [9.17, 15) is 10.1 Å². The molecule has 3 aliphatic rings. The van der Waals surface area contributed by atoms with Crippen LogP contribution in [0.3, 0.4) is 0 Å². The summed E-state index contributed by atoms with van der Waals surface area (Å²) in [5.74, 6) is 0.0415. The van der Waals surface area contributed by atoms with E-state index in [0.717, 1.165) is 5.56 Å². The van der Waals surface area contributed by atoms with E-state index in [4.69, 9.17) is 0 Å². The topological polar surface area (TPSA) is 44.1 Å². The van der Waals surface area contributed by atoms with Crippen LogP contribution >= 0.6 is 0 Å². The largest absolute Gasteiger partial charge is 0.335 e. The van der Waals surface area contributed by atoms with E-state index in [-0.39, 0.29) is 22.8 Å². The highest BCUT2D eigenvalue weighted by molar-refractivity contribution is 5.99. The highest BCUT2D eigenvalue weighted by Gasteiger charge is 2.87. The molecule has 1 aromatic rings. The monoisotopic (exact) mass is 278 g/mol. The Hall–Kier alpha value is -2.08. The molecule has 1 aromatic carbocycles. The fourth-order valence-electron chi connectivity index (χ4n) is 4.43. The van der Waals surface area contributed by atoms with Gasteiger partial charge < -0.3 is 4.90 Å². The molecule has 1 aliphatic heterocycles. The second-order valence-corrected chi connectivity index (χ2v) is 7.38. The number of piperidine rings is 1. The second-order valence-electron chi connectivity index (χ2n) is 7.38. The average Bonchev–Trinajstić information content (AvgIpc) is 2.97. The van der Waals surface area contributed by atoms with Crippen molar-refractivity contribution < 1.29 is 4.79 Å². The molecule has 0 bridgehead atoms. The number of nitriles is 1. The Morgan fingerprint density at radius 1 is 1.33 bits per heavy atom. The number of benzene rings is 1. The average molecular weight is 278 g/mol. The quantitative estimate of drug-likeness (QED) is 0.732. The van der Waals surface area contributed by atoms with Gasteiger partial charge in [-0.1, -0.05) is 36.4 Å². The molecule has 3 nitrogen and oxygen atoms in total. The first-order valence-corrected chi connectivity index (χ1v) is 7.40. The number of rotatable bonds is 0. The number of amides is 1. The predicted molar refractivity (Wildman–Crippen MR) is 80.2 cm³/mol. The number of carbonyl (C=O) groups is 1. The maximum absolute atomic E-state index is 13.0. The third kappa shape index (κ3) is 1.15. The Labute approximate surface area is 124 Å². The first-order chi connectivity index (χ1) is 9.89. The molecule has 2 fully saturated rings. The SMILES string of the molecule is CC(C)(C)N1CC23c4ccccc4C=CC2C3(C#N)C1=O. The van der Waals surface area contributed by atoms with Crippen LogP contribution in [-0.4, -0.2) is 22.9 Å².